The highest BCUT2D eigenvalue weighted by Gasteiger charge is 2.01. The monoisotopic (exact) mass is 218 g/mol. The summed E-state index contributed by atoms with van der Waals surface area (Å²) >= 11 is 0. The Kier molecular flexibility index (Phi) is 5.29. The number of benzene rings is 1. The van der Waals surface area contributed by atoms with Gasteiger partial charge in [-0.05, 0) is 24.1 Å². The standard InChI is InChI=1S/C13H18N2O/c1-2-12-4-6-13(7-5-12)10-15(11-16)9-3-8-14/h2,4-7,11H,1,3,8-10,14H2. The Morgan fingerprint density at radius 2 is 2.00 bits per heavy atom. The van der Waals surface area contributed by atoms with Crippen LogP contribution in [0.2, 0.25) is 0 Å². The molecule has 16 heavy (non-hydrogen) atoms. The maximum Gasteiger partial charge on any atom is 0.210 e. The third-order valence-corrected chi connectivity index (χ3v) is 2.40. The van der Waals surface area contributed by atoms with Crippen LogP contribution < -0.4 is 5.73 Å². The van der Waals surface area contributed by atoms with Crippen molar-refractivity contribution in [1.82, 2.24) is 4.90 Å². The van der Waals surface area contributed by atoms with Crippen LogP contribution in [0, 0.1) is 0 Å². The highest BCUT2D eigenvalue weighted by molar-refractivity contribution is 5.49. The van der Waals surface area contributed by atoms with E-state index in [1.807, 2.05) is 24.3 Å². The minimum absolute atomic E-state index is 0.611. The predicted molar refractivity (Wildman–Crippen MR) is 66.7 cm³/mol. The molecule has 0 aliphatic carbocycles. The van der Waals surface area contributed by atoms with Gasteiger partial charge in [0.2, 0.25) is 6.41 Å². The van der Waals surface area contributed by atoms with Crippen LogP contribution in [0.4, 0.5) is 0 Å². The third-order valence-electron chi connectivity index (χ3n) is 2.40. The van der Waals surface area contributed by atoms with Gasteiger partial charge < -0.3 is 10.6 Å². The van der Waals surface area contributed by atoms with E-state index in [2.05, 4.69) is 6.58 Å². The van der Waals surface area contributed by atoms with Crippen molar-refractivity contribution in [2.45, 2.75) is 13.0 Å². The number of hydrogen-bond acceptors (Lipinski definition) is 2. The van der Waals surface area contributed by atoms with Gasteiger partial charge in [-0.15, -0.1) is 0 Å². The van der Waals surface area contributed by atoms with E-state index in [-0.39, 0.29) is 0 Å². The van der Waals surface area contributed by atoms with Crippen LogP contribution in [0.3, 0.4) is 0 Å². The van der Waals surface area contributed by atoms with Crippen molar-refractivity contribution < 1.29 is 4.79 Å². The first-order valence-electron chi connectivity index (χ1n) is 5.41. The van der Waals surface area contributed by atoms with Crippen LogP contribution in [0.5, 0.6) is 0 Å². The van der Waals surface area contributed by atoms with Gasteiger partial charge in [0.1, 0.15) is 0 Å². The molecule has 0 fully saturated rings. The molecule has 0 bridgehead atoms. The first kappa shape index (κ1) is 12.5. The normalized spacial score (nSPS) is 9.81. The fourth-order valence-corrected chi connectivity index (χ4v) is 1.46. The molecule has 0 unspecified atom stereocenters. The van der Waals surface area contributed by atoms with E-state index in [1.165, 1.54) is 0 Å². The number of carbonyl (C=O) groups excluding carboxylic acids is 1. The van der Waals surface area contributed by atoms with Gasteiger partial charge in [-0.1, -0.05) is 36.9 Å². The van der Waals surface area contributed by atoms with Crippen LogP contribution in [-0.4, -0.2) is 24.4 Å². The van der Waals surface area contributed by atoms with Crippen molar-refractivity contribution in [3.05, 3.63) is 42.0 Å². The van der Waals surface area contributed by atoms with E-state index in [1.54, 1.807) is 11.0 Å². The smallest absolute Gasteiger partial charge is 0.210 e. The Morgan fingerprint density at radius 1 is 1.31 bits per heavy atom. The molecule has 2 N–H and O–H groups in total. The first-order chi connectivity index (χ1) is 7.80. The summed E-state index contributed by atoms with van der Waals surface area (Å²) in [7, 11) is 0. The SMILES string of the molecule is C=Cc1ccc(CN(C=O)CCCN)cc1. The van der Waals surface area contributed by atoms with Crippen molar-refractivity contribution in [3.8, 4) is 0 Å². The predicted octanol–water partition coefficient (Wildman–Crippen LogP) is 1.64. The molecular formula is C13H18N2O. The van der Waals surface area contributed by atoms with Gasteiger partial charge in [0, 0.05) is 13.1 Å². The molecular weight excluding hydrogens is 200 g/mol. The number of nitrogens with zero attached hydrogens (tertiary/aromatic N) is 1. The molecule has 3 heteroatoms. The summed E-state index contributed by atoms with van der Waals surface area (Å²) < 4.78 is 0. The summed E-state index contributed by atoms with van der Waals surface area (Å²) in [6.45, 7) is 5.66. The molecule has 0 aromatic heterocycles. The van der Waals surface area contributed by atoms with Gasteiger partial charge in [0.15, 0.2) is 0 Å². The molecule has 0 aliphatic rings. The number of nitrogens with two attached hydrogens (primary N) is 1. The third kappa shape index (κ3) is 3.87. The van der Waals surface area contributed by atoms with Crippen LogP contribution in [0.25, 0.3) is 6.08 Å². The zero-order chi connectivity index (χ0) is 11.8. The van der Waals surface area contributed by atoms with Gasteiger partial charge in [0.25, 0.3) is 0 Å². The number of amides is 1. The van der Waals surface area contributed by atoms with E-state index < -0.39 is 0 Å². The van der Waals surface area contributed by atoms with Crippen molar-refractivity contribution in [1.29, 1.82) is 0 Å². The average Bonchev–Trinajstić information content (AvgIpc) is 2.35. The topological polar surface area (TPSA) is 46.3 Å². The second kappa shape index (κ2) is 6.80. The highest BCUT2D eigenvalue weighted by atomic mass is 16.1. The fraction of sp³-hybridized carbons (Fsp3) is 0.308. The van der Waals surface area contributed by atoms with Crippen molar-refractivity contribution in [2.75, 3.05) is 13.1 Å². The van der Waals surface area contributed by atoms with E-state index in [0.29, 0.717) is 19.6 Å². The summed E-state index contributed by atoms with van der Waals surface area (Å²) in [6, 6.07) is 8.01. The van der Waals surface area contributed by atoms with E-state index in [9.17, 15) is 4.79 Å². The second-order valence-electron chi connectivity index (χ2n) is 3.66. The van der Waals surface area contributed by atoms with Crippen molar-refractivity contribution >= 4 is 12.5 Å². The van der Waals surface area contributed by atoms with E-state index >= 15 is 0 Å². The summed E-state index contributed by atoms with van der Waals surface area (Å²) in [5, 5.41) is 0. The van der Waals surface area contributed by atoms with Crippen LogP contribution in [0.1, 0.15) is 17.5 Å². The lowest BCUT2D eigenvalue weighted by Gasteiger charge is -2.16. The average molecular weight is 218 g/mol. The lowest BCUT2D eigenvalue weighted by Crippen LogP contribution is -2.24. The maximum absolute atomic E-state index is 10.8. The van der Waals surface area contributed by atoms with Crippen LogP contribution in [0.15, 0.2) is 30.8 Å². The zero-order valence-corrected chi connectivity index (χ0v) is 9.43. The molecule has 0 atom stereocenters. The van der Waals surface area contributed by atoms with Crippen LogP contribution >= 0.6 is 0 Å². The fourth-order valence-electron chi connectivity index (χ4n) is 1.46. The summed E-state index contributed by atoms with van der Waals surface area (Å²) in [4.78, 5) is 12.5. The Balaban J connectivity index is 2.55. The Morgan fingerprint density at radius 3 is 2.50 bits per heavy atom. The zero-order valence-electron chi connectivity index (χ0n) is 9.43. The minimum Gasteiger partial charge on any atom is -0.341 e. The molecule has 1 aromatic rings. The molecule has 1 amide bonds. The molecule has 0 spiro atoms. The van der Waals surface area contributed by atoms with Crippen molar-refractivity contribution in [3.63, 3.8) is 0 Å². The van der Waals surface area contributed by atoms with Gasteiger partial charge in [-0.2, -0.15) is 0 Å². The molecule has 0 saturated carbocycles. The van der Waals surface area contributed by atoms with Gasteiger partial charge in [-0.3, -0.25) is 4.79 Å². The lowest BCUT2D eigenvalue weighted by molar-refractivity contribution is -0.118. The van der Waals surface area contributed by atoms with E-state index in [4.69, 9.17) is 5.73 Å². The van der Waals surface area contributed by atoms with Crippen molar-refractivity contribution in [2.24, 2.45) is 5.73 Å². The molecule has 1 aromatic carbocycles. The first-order valence-corrected chi connectivity index (χ1v) is 5.41. The lowest BCUT2D eigenvalue weighted by atomic mass is 10.1. The summed E-state index contributed by atoms with van der Waals surface area (Å²) in [5.41, 5.74) is 7.62. The second-order valence-corrected chi connectivity index (χ2v) is 3.66. The largest absolute Gasteiger partial charge is 0.341 e. The molecule has 0 saturated heterocycles. The molecule has 0 radical (unpaired) electrons. The molecule has 0 aliphatic heterocycles. The highest BCUT2D eigenvalue weighted by Crippen LogP contribution is 2.07. The number of rotatable bonds is 7. The minimum atomic E-state index is 0.611. The molecule has 86 valence electrons. The van der Waals surface area contributed by atoms with Gasteiger partial charge in [-0.25, -0.2) is 0 Å². The quantitative estimate of drug-likeness (QED) is 0.707. The van der Waals surface area contributed by atoms with E-state index in [0.717, 1.165) is 24.0 Å². The maximum atomic E-state index is 10.8. The summed E-state index contributed by atoms with van der Waals surface area (Å²) in [6.07, 6.45) is 3.51. The number of hydrogen-bond donors (Lipinski definition) is 1. The Hall–Kier alpha value is -1.61. The molecule has 3 nitrogen and oxygen atoms in total. The molecule has 0 heterocycles. The van der Waals surface area contributed by atoms with Crippen LogP contribution in [-0.2, 0) is 11.3 Å². The number of carbonyl (C=O) groups is 1. The van der Waals surface area contributed by atoms with Gasteiger partial charge >= 0.3 is 0 Å². The summed E-state index contributed by atoms with van der Waals surface area (Å²) in [5.74, 6) is 0. The Labute approximate surface area is 96.6 Å². The Bertz CT molecular complexity index is 332. The molecule has 1 rings (SSSR count). The van der Waals surface area contributed by atoms with Gasteiger partial charge in [0.05, 0.1) is 0 Å².